The van der Waals surface area contributed by atoms with E-state index in [0.717, 1.165) is 18.4 Å². The van der Waals surface area contributed by atoms with Crippen molar-refractivity contribution < 1.29 is 9.53 Å². The normalized spacial score (nSPS) is 16.9. The molecule has 4 heteroatoms. The minimum atomic E-state index is -0.129. The van der Waals surface area contributed by atoms with E-state index >= 15 is 0 Å². The van der Waals surface area contributed by atoms with Crippen LogP contribution in [-0.2, 0) is 9.53 Å². The maximum Gasteiger partial charge on any atom is 0.299 e. The number of nitrogens with zero attached hydrogens (tertiary/aromatic N) is 2. The van der Waals surface area contributed by atoms with Gasteiger partial charge in [-0.1, -0.05) is 43.7 Å². The number of benzene rings is 1. The molecular weight excluding hydrogens is 240 g/mol. The number of aliphatic imine (C=N–C) groups is 1. The Morgan fingerprint density at radius 2 is 2.05 bits per heavy atom. The predicted octanol–water partition coefficient (Wildman–Crippen LogP) is 2.67. The first kappa shape index (κ1) is 13.3. The molecule has 1 aromatic carbocycles. The fraction of sp³-hybridized carbons (Fsp3) is 0.333. The van der Waals surface area contributed by atoms with Gasteiger partial charge in [0.15, 0.2) is 0 Å². The van der Waals surface area contributed by atoms with Crippen molar-refractivity contribution in [2.24, 2.45) is 4.99 Å². The lowest BCUT2D eigenvalue weighted by molar-refractivity contribution is -0.122. The molecule has 0 aromatic heterocycles. The topological polar surface area (TPSA) is 41.9 Å². The first-order valence-electron chi connectivity index (χ1n) is 6.48. The van der Waals surface area contributed by atoms with Gasteiger partial charge < -0.3 is 4.74 Å². The van der Waals surface area contributed by atoms with Crippen molar-refractivity contribution in [3.8, 4) is 0 Å². The molecule has 1 heterocycles. The predicted molar refractivity (Wildman–Crippen MR) is 75.5 cm³/mol. The summed E-state index contributed by atoms with van der Waals surface area (Å²) in [7, 11) is 1.68. The Morgan fingerprint density at radius 3 is 2.74 bits per heavy atom. The van der Waals surface area contributed by atoms with Crippen molar-refractivity contribution in [3.63, 3.8) is 0 Å². The zero-order valence-corrected chi connectivity index (χ0v) is 11.3. The molecule has 0 spiro atoms. The fourth-order valence-electron chi connectivity index (χ4n) is 1.72. The third-order valence-electron chi connectivity index (χ3n) is 2.86. The van der Waals surface area contributed by atoms with E-state index in [9.17, 15) is 4.79 Å². The Balaban J connectivity index is 2.13. The van der Waals surface area contributed by atoms with Crippen LogP contribution in [0.2, 0.25) is 0 Å². The highest BCUT2D eigenvalue weighted by Gasteiger charge is 2.28. The quantitative estimate of drug-likeness (QED) is 0.615. The number of ether oxygens (including phenoxy) is 1. The van der Waals surface area contributed by atoms with Gasteiger partial charge in [0.2, 0.25) is 0 Å². The van der Waals surface area contributed by atoms with E-state index in [2.05, 4.69) is 11.9 Å². The average Bonchev–Trinajstić information content (AvgIpc) is 2.69. The Bertz CT molecular complexity index is 506. The van der Waals surface area contributed by atoms with Crippen molar-refractivity contribution in [2.45, 2.75) is 19.8 Å². The van der Waals surface area contributed by atoms with Crippen LogP contribution < -0.4 is 0 Å². The van der Waals surface area contributed by atoms with Gasteiger partial charge in [0.05, 0.1) is 6.61 Å². The van der Waals surface area contributed by atoms with Crippen LogP contribution in [0.3, 0.4) is 0 Å². The molecule has 4 nitrogen and oxygen atoms in total. The molecule has 2 rings (SSSR count). The lowest BCUT2D eigenvalue weighted by Gasteiger charge is -2.11. The number of hydrogen-bond donors (Lipinski definition) is 0. The van der Waals surface area contributed by atoms with Crippen LogP contribution in [0.1, 0.15) is 25.3 Å². The van der Waals surface area contributed by atoms with Crippen LogP contribution in [0.15, 0.2) is 41.0 Å². The van der Waals surface area contributed by atoms with Gasteiger partial charge in [-0.2, -0.15) is 4.99 Å². The fourth-order valence-corrected chi connectivity index (χ4v) is 1.72. The number of carbonyl (C=O) groups is 1. The average molecular weight is 258 g/mol. The van der Waals surface area contributed by atoms with Gasteiger partial charge in [0.1, 0.15) is 5.70 Å². The number of amidine groups is 1. The number of amides is 1. The van der Waals surface area contributed by atoms with Crippen LogP contribution in [0, 0.1) is 0 Å². The summed E-state index contributed by atoms with van der Waals surface area (Å²) in [6.07, 6.45) is 3.78. The minimum Gasteiger partial charge on any atom is -0.465 e. The third-order valence-corrected chi connectivity index (χ3v) is 2.86. The number of likely N-dealkylation sites (N-methyl/N-ethyl adjacent to an activating group) is 1. The van der Waals surface area contributed by atoms with E-state index in [-0.39, 0.29) is 5.91 Å². The molecule has 0 unspecified atom stereocenters. The van der Waals surface area contributed by atoms with E-state index in [1.165, 1.54) is 4.90 Å². The molecule has 0 atom stereocenters. The highest BCUT2D eigenvalue weighted by atomic mass is 16.5. The van der Waals surface area contributed by atoms with Gasteiger partial charge in [-0.05, 0) is 18.1 Å². The lowest BCUT2D eigenvalue weighted by atomic mass is 10.2. The standard InChI is InChI=1S/C15H18N2O2/c1-3-4-10-19-15-16-13(14(18)17(15)2)11-12-8-6-5-7-9-12/h5-9,11H,3-4,10H2,1-2H3/b13-11+. The van der Waals surface area contributed by atoms with Gasteiger partial charge in [-0.3, -0.25) is 9.69 Å². The largest absolute Gasteiger partial charge is 0.465 e. The van der Waals surface area contributed by atoms with Gasteiger partial charge in [0.25, 0.3) is 11.9 Å². The molecule has 0 aliphatic carbocycles. The van der Waals surface area contributed by atoms with Crippen molar-refractivity contribution in [2.75, 3.05) is 13.7 Å². The Kier molecular flexibility index (Phi) is 4.34. The van der Waals surface area contributed by atoms with Crippen molar-refractivity contribution in [1.29, 1.82) is 0 Å². The van der Waals surface area contributed by atoms with E-state index < -0.39 is 0 Å². The Hall–Kier alpha value is -2.10. The molecule has 0 bridgehead atoms. The molecule has 1 aromatic rings. The smallest absolute Gasteiger partial charge is 0.299 e. The SMILES string of the molecule is CCCCOC1=N/C(=C/c2ccccc2)C(=O)N1C. The zero-order chi connectivity index (χ0) is 13.7. The number of hydrogen-bond acceptors (Lipinski definition) is 3. The molecule has 1 amide bonds. The van der Waals surface area contributed by atoms with E-state index in [4.69, 9.17) is 4.74 Å². The molecule has 0 fully saturated rings. The molecular formula is C15H18N2O2. The Morgan fingerprint density at radius 1 is 1.32 bits per heavy atom. The molecule has 0 N–H and O–H groups in total. The first-order chi connectivity index (χ1) is 9.22. The van der Waals surface area contributed by atoms with Crippen LogP contribution in [0.25, 0.3) is 6.08 Å². The lowest BCUT2D eigenvalue weighted by Crippen LogP contribution is -2.29. The number of rotatable bonds is 4. The maximum absolute atomic E-state index is 12.0. The van der Waals surface area contributed by atoms with Crippen molar-refractivity contribution in [1.82, 2.24) is 4.90 Å². The summed E-state index contributed by atoms with van der Waals surface area (Å²) in [6, 6.07) is 10.1. The summed E-state index contributed by atoms with van der Waals surface area (Å²) >= 11 is 0. The molecule has 1 aliphatic rings. The van der Waals surface area contributed by atoms with Crippen LogP contribution >= 0.6 is 0 Å². The monoisotopic (exact) mass is 258 g/mol. The van der Waals surface area contributed by atoms with Crippen LogP contribution in [0.4, 0.5) is 0 Å². The first-order valence-corrected chi connectivity index (χ1v) is 6.48. The van der Waals surface area contributed by atoms with Crippen LogP contribution in [0.5, 0.6) is 0 Å². The number of unbranched alkanes of at least 4 members (excludes halogenated alkanes) is 1. The van der Waals surface area contributed by atoms with Crippen LogP contribution in [-0.4, -0.2) is 30.5 Å². The molecule has 100 valence electrons. The minimum absolute atomic E-state index is 0.129. The third kappa shape index (κ3) is 3.22. The second-order valence-electron chi connectivity index (χ2n) is 4.40. The van der Waals surface area contributed by atoms with E-state index in [1.807, 2.05) is 30.3 Å². The van der Waals surface area contributed by atoms with E-state index in [1.54, 1.807) is 13.1 Å². The zero-order valence-electron chi connectivity index (χ0n) is 11.3. The second kappa shape index (κ2) is 6.18. The Labute approximate surface area is 113 Å². The summed E-state index contributed by atoms with van der Waals surface area (Å²) < 4.78 is 5.51. The molecule has 19 heavy (non-hydrogen) atoms. The van der Waals surface area contributed by atoms with Gasteiger partial charge in [-0.25, -0.2) is 0 Å². The van der Waals surface area contributed by atoms with Gasteiger partial charge in [0, 0.05) is 7.05 Å². The summed E-state index contributed by atoms with van der Waals surface area (Å²) in [5.41, 5.74) is 1.37. The molecule has 0 saturated carbocycles. The van der Waals surface area contributed by atoms with Gasteiger partial charge >= 0.3 is 0 Å². The summed E-state index contributed by atoms with van der Waals surface area (Å²) in [5.74, 6) is -0.129. The van der Waals surface area contributed by atoms with E-state index in [0.29, 0.717) is 18.3 Å². The molecule has 0 radical (unpaired) electrons. The van der Waals surface area contributed by atoms with Crippen molar-refractivity contribution in [3.05, 3.63) is 41.6 Å². The molecule has 0 saturated heterocycles. The maximum atomic E-state index is 12.0. The highest BCUT2D eigenvalue weighted by Crippen LogP contribution is 2.17. The summed E-state index contributed by atoms with van der Waals surface area (Å²) in [4.78, 5) is 17.7. The molecule has 1 aliphatic heterocycles. The highest BCUT2D eigenvalue weighted by molar-refractivity contribution is 6.11. The second-order valence-corrected chi connectivity index (χ2v) is 4.40. The van der Waals surface area contributed by atoms with Crippen molar-refractivity contribution >= 4 is 18.0 Å². The number of carbonyl (C=O) groups excluding carboxylic acids is 1. The van der Waals surface area contributed by atoms with Gasteiger partial charge in [-0.15, -0.1) is 0 Å². The summed E-state index contributed by atoms with van der Waals surface area (Å²) in [6.45, 7) is 2.68. The summed E-state index contributed by atoms with van der Waals surface area (Å²) in [5, 5.41) is 0.